The third kappa shape index (κ3) is 2.13. The zero-order chi connectivity index (χ0) is 15.1. The second-order valence-corrected chi connectivity index (χ2v) is 3.83. The fraction of sp³-hybridized carbons (Fsp3) is 0.0909. The minimum absolute atomic E-state index is 0.373. The van der Waals surface area contributed by atoms with Gasteiger partial charge in [-0.25, -0.2) is 0 Å². The average molecular weight is 286 g/mol. The van der Waals surface area contributed by atoms with Gasteiger partial charge in [-0.05, 0) is 23.4 Å². The second-order valence-electron chi connectivity index (χ2n) is 3.83. The molecule has 0 aliphatic carbocycles. The molecule has 1 aromatic heterocycles. The van der Waals surface area contributed by atoms with E-state index in [0.29, 0.717) is 12.1 Å². The van der Waals surface area contributed by atoms with E-state index in [2.05, 4.69) is 5.18 Å². The van der Waals surface area contributed by atoms with Gasteiger partial charge in [0, 0.05) is 5.39 Å². The minimum Gasteiger partial charge on any atom is -0.502 e. The summed E-state index contributed by atoms with van der Waals surface area (Å²) < 4.78 is 37.6. The molecule has 0 fully saturated rings. The quantitative estimate of drug-likeness (QED) is 0.783. The summed E-state index contributed by atoms with van der Waals surface area (Å²) in [5, 5.41) is 11.2. The van der Waals surface area contributed by atoms with Gasteiger partial charge in [-0.15, -0.1) is 4.91 Å². The molecule has 20 heavy (non-hydrogen) atoms. The lowest BCUT2D eigenvalue weighted by molar-refractivity contribution is -0.137. The van der Waals surface area contributed by atoms with E-state index in [1.54, 1.807) is 0 Å². The summed E-state index contributed by atoms with van der Waals surface area (Å²) in [4.78, 5) is 35.5. The molecule has 1 aromatic carbocycles. The summed E-state index contributed by atoms with van der Waals surface area (Å²) in [6, 6.07) is 1.95. The average Bonchev–Trinajstić information content (AvgIpc) is 2.45. The van der Waals surface area contributed by atoms with Crippen molar-refractivity contribution < 1.29 is 18.3 Å². The number of benzene rings is 1. The van der Waals surface area contributed by atoms with Gasteiger partial charge in [0.25, 0.3) is 5.56 Å². The van der Waals surface area contributed by atoms with E-state index in [-0.39, 0.29) is 5.39 Å². The highest BCUT2D eigenvalue weighted by atomic mass is 19.4. The van der Waals surface area contributed by atoms with Crippen molar-refractivity contribution in [2.24, 2.45) is 5.18 Å². The van der Waals surface area contributed by atoms with Crippen LogP contribution in [0.2, 0.25) is 0 Å². The monoisotopic (exact) mass is 286 g/mol. The molecule has 0 unspecified atom stereocenters. The highest BCUT2D eigenvalue weighted by molar-refractivity contribution is 5.81. The number of aromatic nitrogens is 1. The lowest BCUT2D eigenvalue weighted by atomic mass is 10.1. The van der Waals surface area contributed by atoms with Crippen molar-refractivity contribution in [1.29, 1.82) is 0 Å². The largest absolute Gasteiger partial charge is 0.502 e. The van der Waals surface area contributed by atoms with Crippen LogP contribution in [0.25, 0.3) is 10.9 Å². The standard InChI is InChI=1S/C11H5F3N2O4/c12-11(13,14)4-1-2-5-6(3-4)15-10(19)7(16-20)9(18)8(5)17/h1-3H,(H,15,19)(H,17,18). The van der Waals surface area contributed by atoms with Crippen molar-refractivity contribution in [2.75, 3.05) is 0 Å². The topological polar surface area (TPSA) is 99.6 Å². The molecule has 0 bridgehead atoms. The summed E-state index contributed by atoms with van der Waals surface area (Å²) in [6.07, 6.45) is -4.67. The van der Waals surface area contributed by atoms with Crippen LogP contribution >= 0.6 is 0 Å². The van der Waals surface area contributed by atoms with Gasteiger partial charge in [-0.3, -0.25) is 9.59 Å². The van der Waals surface area contributed by atoms with Gasteiger partial charge in [0.05, 0.1) is 11.1 Å². The molecule has 0 atom stereocenters. The normalized spacial score (nSPS) is 11.6. The molecule has 1 heterocycles. The Morgan fingerprint density at radius 1 is 1.20 bits per heavy atom. The molecule has 0 aliphatic rings. The van der Waals surface area contributed by atoms with Crippen LogP contribution in [-0.2, 0) is 6.18 Å². The van der Waals surface area contributed by atoms with Gasteiger partial charge < -0.3 is 10.1 Å². The van der Waals surface area contributed by atoms with Crippen LogP contribution in [0.4, 0.5) is 18.9 Å². The third-order valence-electron chi connectivity index (χ3n) is 2.59. The van der Waals surface area contributed by atoms with Crippen LogP contribution in [0.15, 0.2) is 33.0 Å². The first-order chi connectivity index (χ1) is 9.25. The van der Waals surface area contributed by atoms with Gasteiger partial charge >= 0.3 is 6.18 Å². The molecule has 0 radical (unpaired) electrons. The number of halogens is 3. The fourth-order valence-electron chi connectivity index (χ4n) is 1.63. The maximum atomic E-state index is 12.5. The van der Waals surface area contributed by atoms with Crippen LogP contribution in [0.3, 0.4) is 0 Å². The van der Waals surface area contributed by atoms with Crippen molar-refractivity contribution in [1.82, 2.24) is 4.98 Å². The molecular weight excluding hydrogens is 281 g/mol. The van der Waals surface area contributed by atoms with E-state index >= 15 is 0 Å². The molecule has 6 nitrogen and oxygen atoms in total. The van der Waals surface area contributed by atoms with Crippen LogP contribution in [0.1, 0.15) is 5.56 Å². The van der Waals surface area contributed by atoms with Crippen LogP contribution < -0.4 is 11.0 Å². The number of aromatic amines is 1. The summed E-state index contributed by atoms with van der Waals surface area (Å²) >= 11 is 0. The molecule has 0 saturated heterocycles. The van der Waals surface area contributed by atoms with E-state index in [1.807, 2.05) is 4.98 Å². The number of aromatic hydroxyl groups is 1. The van der Waals surface area contributed by atoms with Crippen LogP contribution in [0, 0.1) is 4.91 Å². The Bertz CT molecular complexity index is 827. The Labute approximate surface area is 107 Å². The number of H-pyrrole nitrogens is 1. The Morgan fingerprint density at radius 3 is 2.40 bits per heavy atom. The zero-order valence-corrected chi connectivity index (χ0v) is 9.49. The molecule has 104 valence electrons. The molecule has 2 rings (SSSR count). The number of nitroso groups, excluding NO2 is 1. The molecule has 0 spiro atoms. The van der Waals surface area contributed by atoms with Crippen molar-refractivity contribution >= 4 is 16.6 Å². The SMILES string of the molecule is O=Nc1c(O)c(=O)c2ccc(C(F)(F)F)cc2[nH]c1=O. The summed E-state index contributed by atoms with van der Waals surface area (Å²) in [5.41, 5.74) is -5.06. The number of nitrogens with one attached hydrogen (secondary N) is 1. The number of hydrogen-bond acceptors (Lipinski definition) is 5. The van der Waals surface area contributed by atoms with E-state index in [0.717, 1.165) is 6.07 Å². The predicted molar refractivity (Wildman–Crippen MR) is 63.0 cm³/mol. The maximum absolute atomic E-state index is 12.5. The van der Waals surface area contributed by atoms with Gasteiger partial charge in [0.15, 0.2) is 5.75 Å². The number of hydrogen-bond donors (Lipinski definition) is 2. The van der Waals surface area contributed by atoms with Crippen molar-refractivity contribution in [3.63, 3.8) is 0 Å². The number of fused-ring (bicyclic) bond motifs is 1. The molecule has 0 amide bonds. The molecule has 0 aliphatic heterocycles. The first-order valence-electron chi connectivity index (χ1n) is 5.09. The molecular formula is C11H5F3N2O4. The minimum atomic E-state index is -4.67. The Balaban J connectivity index is 3.00. The van der Waals surface area contributed by atoms with Crippen LogP contribution in [0.5, 0.6) is 5.75 Å². The Kier molecular flexibility index (Phi) is 3.04. The van der Waals surface area contributed by atoms with Gasteiger partial charge in [-0.2, -0.15) is 13.2 Å². The summed E-state index contributed by atoms with van der Waals surface area (Å²) in [5.74, 6) is -1.21. The smallest absolute Gasteiger partial charge is 0.416 e. The van der Waals surface area contributed by atoms with Gasteiger partial charge in [0.1, 0.15) is 0 Å². The van der Waals surface area contributed by atoms with Gasteiger partial charge in [0.2, 0.25) is 11.1 Å². The van der Waals surface area contributed by atoms with Crippen LogP contribution in [-0.4, -0.2) is 10.1 Å². The van der Waals surface area contributed by atoms with E-state index in [4.69, 9.17) is 0 Å². The number of rotatable bonds is 1. The number of alkyl halides is 3. The van der Waals surface area contributed by atoms with Gasteiger partial charge in [-0.1, -0.05) is 0 Å². The first kappa shape index (κ1) is 13.7. The lowest BCUT2D eigenvalue weighted by Crippen LogP contribution is -2.06. The summed E-state index contributed by atoms with van der Waals surface area (Å²) in [6.45, 7) is 0. The molecule has 9 heteroatoms. The lowest BCUT2D eigenvalue weighted by Gasteiger charge is -2.05. The highest BCUT2D eigenvalue weighted by Crippen LogP contribution is 2.30. The second kappa shape index (κ2) is 4.44. The number of nitrogens with zero attached hydrogens (tertiary/aromatic N) is 1. The molecule has 0 saturated carbocycles. The highest BCUT2D eigenvalue weighted by Gasteiger charge is 2.30. The maximum Gasteiger partial charge on any atom is 0.416 e. The first-order valence-corrected chi connectivity index (χ1v) is 5.09. The fourth-order valence-corrected chi connectivity index (χ4v) is 1.63. The van der Waals surface area contributed by atoms with Crippen molar-refractivity contribution in [2.45, 2.75) is 6.18 Å². The summed E-state index contributed by atoms with van der Waals surface area (Å²) in [7, 11) is 0. The van der Waals surface area contributed by atoms with E-state index in [1.165, 1.54) is 0 Å². The zero-order valence-electron chi connectivity index (χ0n) is 9.49. The van der Waals surface area contributed by atoms with E-state index < -0.39 is 39.7 Å². The van der Waals surface area contributed by atoms with Crippen molar-refractivity contribution in [3.8, 4) is 5.75 Å². The van der Waals surface area contributed by atoms with Crippen molar-refractivity contribution in [3.05, 3.63) is 49.2 Å². The molecule has 2 N–H and O–H groups in total. The Hall–Kier alpha value is -2.71. The predicted octanol–water partition coefficient (Wildman–Crippen LogP) is 2.01. The van der Waals surface area contributed by atoms with E-state index in [9.17, 15) is 32.8 Å². The Morgan fingerprint density at radius 2 is 1.85 bits per heavy atom. The third-order valence-corrected chi connectivity index (χ3v) is 2.59. The molecule has 2 aromatic rings.